The monoisotopic (exact) mass is 174 g/mol. The van der Waals surface area contributed by atoms with E-state index in [1.54, 1.807) is 24.3 Å². The zero-order valence-corrected chi connectivity index (χ0v) is 11.3. The van der Waals surface area contributed by atoms with Gasteiger partial charge in [0.05, 0.1) is 0 Å². The van der Waals surface area contributed by atoms with Crippen molar-refractivity contribution in [2.24, 2.45) is 0 Å². The van der Waals surface area contributed by atoms with Gasteiger partial charge in [-0.3, -0.25) is 0 Å². The molecular weight excluding hydrogens is 162 g/mol. The maximum Gasteiger partial charge on any atom is 1.00 e. The van der Waals surface area contributed by atoms with E-state index in [-0.39, 0.29) is 62.0 Å². The molecule has 0 bridgehead atoms. The Morgan fingerprint density at radius 2 is 1.36 bits per heavy atom. The fourth-order valence-electron chi connectivity index (χ4n) is 0.428. The van der Waals surface area contributed by atoms with E-state index in [1.165, 1.54) is 0 Å². The summed E-state index contributed by atoms with van der Waals surface area (Å²) in [5.74, 6) is 0.322. The molecule has 11 heavy (non-hydrogen) atoms. The quantitative estimate of drug-likeness (QED) is 0.388. The Bertz CT molecular complexity index is 152. The molecule has 1 aromatic carbocycles. The Kier molecular flexibility index (Phi) is 22.1. The summed E-state index contributed by atoms with van der Waals surface area (Å²) in [6.07, 6.45) is 0. The van der Waals surface area contributed by atoms with Crippen molar-refractivity contribution in [1.29, 1.82) is 0 Å². The predicted molar refractivity (Wildman–Crippen MR) is 38.5 cm³/mol. The molecule has 0 saturated carbocycles. The number of phenols is 1. The van der Waals surface area contributed by atoms with Crippen LogP contribution in [0.3, 0.4) is 0 Å². The molecule has 0 radical (unpaired) electrons. The first kappa shape index (κ1) is 17.9. The van der Waals surface area contributed by atoms with Crippen LogP contribution >= 0.6 is 0 Å². The molecule has 0 aliphatic heterocycles. The second-order valence-corrected chi connectivity index (χ2v) is 1.34. The molecular formula is C7H12Na2O2. The van der Waals surface area contributed by atoms with Gasteiger partial charge in [-0.05, 0) is 12.1 Å². The third kappa shape index (κ3) is 11.0. The van der Waals surface area contributed by atoms with Crippen LogP contribution in [0.1, 0.15) is 2.85 Å². The van der Waals surface area contributed by atoms with Crippen molar-refractivity contribution in [3.05, 3.63) is 30.3 Å². The summed E-state index contributed by atoms with van der Waals surface area (Å²) in [6.45, 7) is 0. The van der Waals surface area contributed by atoms with E-state index >= 15 is 0 Å². The van der Waals surface area contributed by atoms with Crippen LogP contribution in [-0.2, 0) is 0 Å². The SMILES string of the molecule is CO.Oc1ccccc1.[H-].[H-].[Na+].[Na+]. The molecule has 1 aromatic rings. The topological polar surface area (TPSA) is 40.5 Å². The van der Waals surface area contributed by atoms with Gasteiger partial charge in [0.2, 0.25) is 0 Å². The molecule has 0 fully saturated rings. The van der Waals surface area contributed by atoms with Gasteiger partial charge in [-0.2, -0.15) is 0 Å². The molecule has 0 saturated heterocycles. The van der Waals surface area contributed by atoms with Crippen molar-refractivity contribution in [2.45, 2.75) is 0 Å². The van der Waals surface area contributed by atoms with Crippen LogP contribution in [0.2, 0.25) is 0 Å². The molecule has 0 amide bonds. The Labute approximate surface area is 114 Å². The first-order valence-electron chi connectivity index (χ1n) is 2.58. The van der Waals surface area contributed by atoms with Crippen LogP contribution in [-0.4, -0.2) is 17.3 Å². The van der Waals surface area contributed by atoms with Gasteiger partial charge in [0.1, 0.15) is 5.75 Å². The van der Waals surface area contributed by atoms with Crippen LogP contribution in [0, 0.1) is 0 Å². The molecule has 0 aliphatic rings. The van der Waals surface area contributed by atoms with E-state index in [4.69, 9.17) is 10.2 Å². The van der Waals surface area contributed by atoms with Gasteiger partial charge in [0.25, 0.3) is 0 Å². The third-order valence-electron chi connectivity index (χ3n) is 0.756. The van der Waals surface area contributed by atoms with Crippen molar-refractivity contribution in [2.75, 3.05) is 7.11 Å². The van der Waals surface area contributed by atoms with E-state index in [1.807, 2.05) is 6.07 Å². The molecule has 2 N–H and O–H groups in total. The average molecular weight is 174 g/mol. The van der Waals surface area contributed by atoms with Gasteiger partial charge in [-0.1, -0.05) is 18.2 Å². The van der Waals surface area contributed by atoms with Crippen LogP contribution in [0.25, 0.3) is 0 Å². The summed E-state index contributed by atoms with van der Waals surface area (Å²) < 4.78 is 0. The Hall–Kier alpha value is 0.980. The normalized spacial score (nSPS) is 6.00. The van der Waals surface area contributed by atoms with Crippen LogP contribution in [0.4, 0.5) is 0 Å². The summed E-state index contributed by atoms with van der Waals surface area (Å²) in [5, 5.41) is 15.6. The van der Waals surface area contributed by atoms with Gasteiger partial charge < -0.3 is 13.1 Å². The Balaban J connectivity index is -0.0000000335. The minimum Gasteiger partial charge on any atom is -1.00 e. The number of phenolic OH excluding ortho intramolecular Hbond substituents is 1. The molecule has 0 heterocycles. The maximum atomic E-state index is 8.63. The summed E-state index contributed by atoms with van der Waals surface area (Å²) in [7, 11) is 1.00. The minimum absolute atomic E-state index is 0. The van der Waals surface area contributed by atoms with E-state index < -0.39 is 0 Å². The number of benzene rings is 1. The molecule has 0 aromatic heterocycles. The number of aliphatic hydroxyl groups excluding tert-OH is 1. The number of aromatic hydroxyl groups is 1. The fraction of sp³-hybridized carbons (Fsp3) is 0.143. The second kappa shape index (κ2) is 13.6. The first-order chi connectivity index (χ1) is 4.39. The van der Waals surface area contributed by atoms with E-state index in [0.717, 1.165) is 7.11 Å². The van der Waals surface area contributed by atoms with Gasteiger partial charge in [-0.25, -0.2) is 0 Å². The molecule has 0 spiro atoms. The summed E-state index contributed by atoms with van der Waals surface area (Å²) in [4.78, 5) is 0. The number of para-hydroxylation sites is 1. The molecule has 0 aliphatic carbocycles. The molecule has 0 atom stereocenters. The van der Waals surface area contributed by atoms with Gasteiger partial charge in [-0.15, -0.1) is 0 Å². The van der Waals surface area contributed by atoms with E-state index in [9.17, 15) is 0 Å². The average Bonchev–Trinajstić information content (AvgIpc) is 1.94. The number of aliphatic hydroxyl groups is 1. The number of rotatable bonds is 0. The molecule has 54 valence electrons. The maximum absolute atomic E-state index is 8.63. The predicted octanol–water partition coefficient (Wildman–Crippen LogP) is -4.77. The summed E-state index contributed by atoms with van der Waals surface area (Å²) in [6, 6.07) is 8.71. The molecule has 0 unspecified atom stereocenters. The smallest absolute Gasteiger partial charge is 1.00 e. The second-order valence-electron chi connectivity index (χ2n) is 1.34. The van der Waals surface area contributed by atoms with E-state index in [0.29, 0.717) is 5.75 Å². The van der Waals surface area contributed by atoms with Crippen molar-refractivity contribution < 1.29 is 72.2 Å². The molecule has 4 heteroatoms. The zero-order valence-electron chi connectivity index (χ0n) is 9.28. The fourth-order valence-corrected chi connectivity index (χ4v) is 0.428. The van der Waals surface area contributed by atoms with Gasteiger partial charge >= 0.3 is 59.1 Å². The molecule has 2 nitrogen and oxygen atoms in total. The van der Waals surface area contributed by atoms with Gasteiger partial charge in [0.15, 0.2) is 0 Å². The van der Waals surface area contributed by atoms with Crippen LogP contribution in [0.15, 0.2) is 30.3 Å². The van der Waals surface area contributed by atoms with Gasteiger partial charge in [0, 0.05) is 7.11 Å². The Morgan fingerprint density at radius 3 is 1.55 bits per heavy atom. The largest absolute Gasteiger partial charge is 1.00 e. The minimum atomic E-state index is 0. The first-order valence-corrected chi connectivity index (χ1v) is 2.58. The Morgan fingerprint density at radius 1 is 1.00 bits per heavy atom. The van der Waals surface area contributed by atoms with Crippen LogP contribution < -0.4 is 59.1 Å². The number of hydrogen-bond acceptors (Lipinski definition) is 2. The zero-order chi connectivity index (χ0) is 7.11. The van der Waals surface area contributed by atoms with E-state index in [2.05, 4.69) is 0 Å². The van der Waals surface area contributed by atoms with Crippen LogP contribution in [0.5, 0.6) is 5.75 Å². The van der Waals surface area contributed by atoms with Crippen molar-refractivity contribution in [3.8, 4) is 5.75 Å². The standard InChI is InChI=1S/C6H6O.CH4O.2Na.2H/c7-6-4-2-1-3-5-6;1-2;;;;/h1-5,7H;2H,1H3;;;;/q;;2*+1;2*-1. The summed E-state index contributed by atoms with van der Waals surface area (Å²) >= 11 is 0. The van der Waals surface area contributed by atoms with Crippen molar-refractivity contribution >= 4 is 0 Å². The molecule has 1 rings (SSSR count). The number of hydrogen-bond donors (Lipinski definition) is 2. The van der Waals surface area contributed by atoms with Crippen molar-refractivity contribution in [3.63, 3.8) is 0 Å². The van der Waals surface area contributed by atoms with Crippen molar-refractivity contribution in [1.82, 2.24) is 0 Å². The third-order valence-corrected chi connectivity index (χ3v) is 0.756. The summed E-state index contributed by atoms with van der Waals surface area (Å²) in [5.41, 5.74) is 0.